The predicted molar refractivity (Wildman–Crippen MR) is 255 cm³/mol. The van der Waals surface area contributed by atoms with Crippen molar-refractivity contribution in [1.29, 1.82) is 0 Å². The van der Waals surface area contributed by atoms with E-state index < -0.39 is 0 Å². The lowest BCUT2D eigenvalue weighted by Crippen LogP contribution is -2.23. The van der Waals surface area contributed by atoms with Crippen LogP contribution < -0.4 is 0 Å². The standard InChI is InChI=1S/C54H42N10/c1-7-19-46-37(13-1)25-38-14-2-8-20-47(38)52(46)34-62-31-43(55-58-62)28-61(29-44-32-63(59-56-44)35-53-48-21-9-3-15-39(48)26-40-16-4-10-22-49(40)53)30-45-33-64(60-57-45)36-54-50-23-11-5-17-41(50)27-42-18-6-12-24-51(42)54/h1-27,31-33H,28-30,34-36H2. The van der Waals surface area contributed by atoms with E-state index in [2.05, 4.69) is 203 Å². The summed E-state index contributed by atoms with van der Waals surface area (Å²) in [6.07, 6.45) is 6.19. The molecule has 0 saturated heterocycles. The molecule has 0 aliphatic rings. The molecule has 308 valence electrons. The third-order valence-corrected chi connectivity index (χ3v) is 12.5. The molecule has 0 aliphatic carbocycles. The van der Waals surface area contributed by atoms with Crippen molar-refractivity contribution >= 4 is 64.6 Å². The van der Waals surface area contributed by atoms with Gasteiger partial charge in [0.15, 0.2) is 0 Å². The van der Waals surface area contributed by atoms with E-state index in [9.17, 15) is 0 Å². The quantitative estimate of drug-likeness (QED) is 0.113. The van der Waals surface area contributed by atoms with Crippen LogP contribution in [0.4, 0.5) is 0 Å². The maximum atomic E-state index is 4.72. The van der Waals surface area contributed by atoms with Crippen LogP contribution in [0.15, 0.2) is 182 Å². The van der Waals surface area contributed by atoms with Crippen molar-refractivity contribution in [2.24, 2.45) is 0 Å². The minimum Gasteiger partial charge on any atom is -0.285 e. The van der Waals surface area contributed by atoms with Crippen LogP contribution in [0.3, 0.4) is 0 Å². The van der Waals surface area contributed by atoms with Crippen LogP contribution in [0.1, 0.15) is 33.8 Å². The third kappa shape index (κ3) is 7.19. The van der Waals surface area contributed by atoms with E-state index in [1.54, 1.807) is 0 Å². The van der Waals surface area contributed by atoms with E-state index >= 15 is 0 Å². The first kappa shape index (κ1) is 37.7. The number of hydrogen-bond donors (Lipinski definition) is 0. The lowest BCUT2D eigenvalue weighted by atomic mass is 9.97. The molecule has 0 atom stereocenters. The average Bonchev–Trinajstić information content (AvgIpc) is 4.10. The van der Waals surface area contributed by atoms with Crippen molar-refractivity contribution in [3.05, 3.63) is 216 Å². The summed E-state index contributed by atoms with van der Waals surface area (Å²) in [4.78, 5) is 2.30. The smallest absolute Gasteiger partial charge is 0.0967 e. The second-order valence-corrected chi connectivity index (χ2v) is 16.8. The topological polar surface area (TPSA) is 95.4 Å². The zero-order chi connectivity index (χ0) is 42.4. The Balaban J connectivity index is 0.852. The van der Waals surface area contributed by atoms with Crippen LogP contribution in [-0.2, 0) is 39.3 Å². The van der Waals surface area contributed by atoms with Gasteiger partial charge >= 0.3 is 0 Å². The van der Waals surface area contributed by atoms with Crippen LogP contribution >= 0.6 is 0 Å². The van der Waals surface area contributed by atoms with E-state index in [4.69, 9.17) is 15.3 Å². The van der Waals surface area contributed by atoms with E-state index in [-0.39, 0.29) is 0 Å². The minimum atomic E-state index is 0.526. The second-order valence-electron chi connectivity index (χ2n) is 16.8. The van der Waals surface area contributed by atoms with Crippen LogP contribution in [0.5, 0.6) is 0 Å². The predicted octanol–water partition coefficient (Wildman–Crippen LogP) is 10.7. The monoisotopic (exact) mass is 830 g/mol. The summed E-state index contributed by atoms with van der Waals surface area (Å²) in [5.74, 6) is 0. The molecule has 0 amide bonds. The lowest BCUT2D eigenvalue weighted by molar-refractivity contribution is 0.238. The van der Waals surface area contributed by atoms with Crippen LogP contribution in [-0.4, -0.2) is 49.9 Å². The highest BCUT2D eigenvalue weighted by atomic mass is 15.4. The molecule has 3 heterocycles. The Bertz CT molecular complexity index is 3130. The largest absolute Gasteiger partial charge is 0.285 e. The summed E-state index contributed by atoms with van der Waals surface area (Å²) < 4.78 is 5.87. The van der Waals surface area contributed by atoms with Crippen molar-refractivity contribution in [3.8, 4) is 0 Å². The minimum absolute atomic E-state index is 0.526. The number of nitrogens with zero attached hydrogens (tertiary/aromatic N) is 10. The molecular weight excluding hydrogens is 789 g/mol. The third-order valence-electron chi connectivity index (χ3n) is 12.5. The summed E-state index contributed by atoms with van der Waals surface area (Å²) in [6, 6.07) is 58.2. The normalized spacial score (nSPS) is 12.0. The zero-order valence-corrected chi connectivity index (χ0v) is 35.0. The first-order chi connectivity index (χ1) is 31.6. The SMILES string of the molecule is c1ccc2c(Cn3cc(CN(Cc4cn(Cc5c6ccccc6cc6ccccc56)nn4)Cc4cn(Cc5c6ccccc6cc6ccccc56)nn4)nn3)c3ccccc3cc2c1. The Morgan fingerprint density at radius 3 is 0.797 bits per heavy atom. The number of benzene rings is 9. The van der Waals surface area contributed by atoms with Gasteiger partial charge in [0.25, 0.3) is 0 Å². The van der Waals surface area contributed by atoms with Crippen molar-refractivity contribution in [3.63, 3.8) is 0 Å². The van der Waals surface area contributed by atoms with Gasteiger partial charge in [0.05, 0.1) is 55.3 Å². The van der Waals surface area contributed by atoms with Gasteiger partial charge in [0, 0.05) is 19.6 Å². The molecule has 0 bridgehead atoms. The Kier molecular flexibility index (Phi) is 9.41. The van der Waals surface area contributed by atoms with Gasteiger partial charge in [-0.25, -0.2) is 14.0 Å². The van der Waals surface area contributed by atoms with Crippen molar-refractivity contribution in [2.45, 2.75) is 39.3 Å². The molecule has 10 heteroatoms. The highest BCUT2D eigenvalue weighted by Crippen LogP contribution is 2.32. The maximum absolute atomic E-state index is 4.72. The molecular formula is C54H42N10. The van der Waals surface area contributed by atoms with Crippen molar-refractivity contribution in [1.82, 2.24) is 49.9 Å². The summed E-state index contributed by atoms with van der Waals surface area (Å²) in [5.41, 5.74) is 6.26. The summed E-state index contributed by atoms with van der Waals surface area (Å²) >= 11 is 0. The van der Waals surface area contributed by atoms with Crippen LogP contribution in [0, 0.1) is 0 Å². The van der Waals surface area contributed by atoms with Gasteiger partial charge < -0.3 is 0 Å². The summed E-state index contributed by atoms with van der Waals surface area (Å²) in [7, 11) is 0. The van der Waals surface area contributed by atoms with Gasteiger partial charge in [-0.15, -0.1) is 15.3 Å². The van der Waals surface area contributed by atoms with Gasteiger partial charge in [0.2, 0.25) is 0 Å². The second kappa shape index (κ2) is 16.0. The first-order valence-electron chi connectivity index (χ1n) is 21.7. The molecule has 64 heavy (non-hydrogen) atoms. The van der Waals surface area contributed by atoms with Crippen molar-refractivity contribution in [2.75, 3.05) is 0 Å². The van der Waals surface area contributed by atoms with Crippen molar-refractivity contribution < 1.29 is 0 Å². The van der Waals surface area contributed by atoms with Gasteiger partial charge in [-0.2, -0.15) is 0 Å². The van der Waals surface area contributed by atoms with E-state index in [1.165, 1.54) is 81.3 Å². The van der Waals surface area contributed by atoms with Gasteiger partial charge in [-0.05, 0) is 99.5 Å². The number of aromatic nitrogens is 9. The van der Waals surface area contributed by atoms with E-state index in [1.807, 2.05) is 14.0 Å². The molecule has 9 aromatic carbocycles. The molecule has 12 aromatic rings. The number of fused-ring (bicyclic) bond motifs is 6. The number of rotatable bonds is 12. The Hall–Kier alpha value is -8.08. The average molecular weight is 831 g/mol. The molecule has 0 fully saturated rings. The van der Waals surface area contributed by atoms with E-state index in [0.29, 0.717) is 39.3 Å². The molecule has 10 nitrogen and oxygen atoms in total. The molecule has 3 aromatic heterocycles. The highest BCUT2D eigenvalue weighted by molar-refractivity contribution is 6.04. The molecule has 0 saturated carbocycles. The Morgan fingerprint density at radius 1 is 0.312 bits per heavy atom. The van der Waals surface area contributed by atoms with Gasteiger partial charge in [0.1, 0.15) is 0 Å². The molecule has 0 unspecified atom stereocenters. The zero-order valence-electron chi connectivity index (χ0n) is 35.0. The van der Waals surface area contributed by atoms with Gasteiger partial charge in [-0.3, -0.25) is 4.90 Å². The van der Waals surface area contributed by atoms with Crippen LogP contribution in [0.2, 0.25) is 0 Å². The molecule has 0 spiro atoms. The number of hydrogen-bond acceptors (Lipinski definition) is 7. The molecule has 0 aliphatic heterocycles. The lowest BCUT2D eigenvalue weighted by Gasteiger charge is -2.18. The Labute approximate surface area is 368 Å². The van der Waals surface area contributed by atoms with E-state index in [0.717, 1.165) is 17.1 Å². The van der Waals surface area contributed by atoms with Gasteiger partial charge in [-0.1, -0.05) is 161 Å². The fourth-order valence-corrected chi connectivity index (χ4v) is 9.64. The summed E-state index contributed by atoms with van der Waals surface area (Å²) in [5, 5.41) is 42.8. The maximum Gasteiger partial charge on any atom is 0.0967 e. The molecule has 0 N–H and O–H groups in total. The molecule has 12 rings (SSSR count). The Morgan fingerprint density at radius 2 is 0.547 bits per heavy atom. The summed E-state index contributed by atoms with van der Waals surface area (Å²) in [6.45, 7) is 3.38. The van der Waals surface area contributed by atoms with Crippen LogP contribution in [0.25, 0.3) is 64.6 Å². The first-order valence-corrected chi connectivity index (χ1v) is 21.7. The fraction of sp³-hybridized carbons (Fsp3) is 0.111. The molecule has 0 radical (unpaired) electrons. The fourth-order valence-electron chi connectivity index (χ4n) is 9.64. The highest BCUT2D eigenvalue weighted by Gasteiger charge is 2.18.